The van der Waals surface area contributed by atoms with Crippen molar-refractivity contribution in [3.05, 3.63) is 163 Å². The molecule has 2 aromatic heterocycles. The Kier molecular flexibility index (Phi) is 17.0. The van der Waals surface area contributed by atoms with Crippen LogP contribution in [0.15, 0.2) is 108 Å². The minimum atomic E-state index is -1.21. The molecule has 0 aliphatic heterocycles. The zero-order chi connectivity index (χ0) is 46.5. The SMILES string of the molecule is C/N=C/c1cncc(COc2cc(OCc3cccc(-c4cccc(COc5cc(OCc6cncc(/C=N/C)c6)c(CNC(C(=O)O)C(C)O)cc5Cl)c4C)c3C)c(Cl)cc2CO)c1. The lowest BCUT2D eigenvalue weighted by atomic mass is 9.92. The number of nitrogens with one attached hydrogen (secondary N) is 1. The third-order valence-corrected chi connectivity index (χ3v) is 11.2. The van der Waals surface area contributed by atoms with Gasteiger partial charge in [0.2, 0.25) is 0 Å². The van der Waals surface area contributed by atoms with Gasteiger partial charge < -0.3 is 34.3 Å². The van der Waals surface area contributed by atoms with E-state index in [4.69, 9.17) is 42.1 Å². The van der Waals surface area contributed by atoms with E-state index in [1.807, 2.05) is 50.2 Å². The molecule has 15 heteroatoms. The van der Waals surface area contributed by atoms with E-state index in [0.29, 0.717) is 44.2 Å². The molecule has 0 fully saturated rings. The molecule has 0 bridgehead atoms. The van der Waals surface area contributed by atoms with Crippen molar-refractivity contribution in [2.75, 3.05) is 14.1 Å². The average molecular weight is 921 g/mol. The van der Waals surface area contributed by atoms with Crippen molar-refractivity contribution in [3.63, 3.8) is 0 Å². The molecule has 0 amide bonds. The maximum Gasteiger partial charge on any atom is 0.323 e. The summed E-state index contributed by atoms with van der Waals surface area (Å²) in [5, 5.41) is 33.3. The van der Waals surface area contributed by atoms with Gasteiger partial charge in [0, 0.05) is 103 Å². The first-order valence-corrected chi connectivity index (χ1v) is 21.4. The first kappa shape index (κ1) is 48.1. The van der Waals surface area contributed by atoms with E-state index in [0.717, 1.165) is 55.6 Å². The number of rotatable bonds is 21. The number of hydrogen-bond donors (Lipinski definition) is 4. The van der Waals surface area contributed by atoms with Gasteiger partial charge in [-0.25, -0.2) is 0 Å². The van der Waals surface area contributed by atoms with Gasteiger partial charge in [0.1, 0.15) is 55.5 Å². The lowest BCUT2D eigenvalue weighted by Crippen LogP contribution is -2.44. The summed E-state index contributed by atoms with van der Waals surface area (Å²) in [6.07, 6.45) is 9.08. The fourth-order valence-corrected chi connectivity index (χ4v) is 7.58. The predicted octanol–water partition coefficient (Wildman–Crippen LogP) is 8.90. The molecule has 0 saturated heterocycles. The number of pyridine rings is 2. The van der Waals surface area contributed by atoms with Gasteiger partial charge in [-0.15, -0.1) is 0 Å². The molecule has 2 heterocycles. The first-order chi connectivity index (χ1) is 31.4. The van der Waals surface area contributed by atoms with Crippen LogP contribution in [0.1, 0.15) is 62.6 Å². The Morgan fingerprint density at radius 3 is 1.58 bits per heavy atom. The Bertz CT molecular complexity index is 2670. The van der Waals surface area contributed by atoms with E-state index < -0.39 is 18.1 Å². The third-order valence-electron chi connectivity index (χ3n) is 10.6. The molecule has 4 N–H and O–H groups in total. The number of aliphatic carboxylic acids is 1. The van der Waals surface area contributed by atoms with Gasteiger partial charge in [-0.05, 0) is 78.4 Å². The van der Waals surface area contributed by atoms with Gasteiger partial charge in [0.05, 0.1) is 22.8 Å². The van der Waals surface area contributed by atoms with Crippen LogP contribution in [0.2, 0.25) is 10.0 Å². The molecule has 65 heavy (non-hydrogen) atoms. The highest BCUT2D eigenvalue weighted by atomic mass is 35.5. The summed E-state index contributed by atoms with van der Waals surface area (Å²) in [7, 11) is 3.38. The Morgan fingerprint density at radius 2 is 1.14 bits per heavy atom. The Balaban J connectivity index is 1.19. The van der Waals surface area contributed by atoms with Gasteiger partial charge in [-0.1, -0.05) is 59.6 Å². The fraction of sp³-hybridized carbons (Fsp3) is 0.260. The van der Waals surface area contributed by atoms with Gasteiger partial charge >= 0.3 is 5.97 Å². The van der Waals surface area contributed by atoms with Gasteiger partial charge in [-0.2, -0.15) is 0 Å². The molecule has 338 valence electrons. The van der Waals surface area contributed by atoms with Crippen LogP contribution in [0.3, 0.4) is 0 Å². The highest BCUT2D eigenvalue weighted by Gasteiger charge is 2.24. The highest BCUT2D eigenvalue weighted by molar-refractivity contribution is 6.32. The molecular formula is C50H51Cl2N5O8. The largest absolute Gasteiger partial charge is 0.488 e. The monoisotopic (exact) mass is 919 g/mol. The second-order valence-electron chi connectivity index (χ2n) is 15.2. The van der Waals surface area contributed by atoms with Crippen LogP contribution in [0.5, 0.6) is 23.0 Å². The summed E-state index contributed by atoms with van der Waals surface area (Å²) in [4.78, 5) is 28.5. The Hall–Kier alpha value is -6.35. The van der Waals surface area contributed by atoms with Crippen LogP contribution in [-0.2, 0) is 44.4 Å². The predicted molar refractivity (Wildman–Crippen MR) is 253 cm³/mol. The molecular weight excluding hydrogens is 869 g/mol. The second-order valence-corrected chi connectivity index (χ2v) is 16.1. The summed E-state index contributed by atoms with van der Waals surface area (Å²) in [5.74, 6) is 0.457. The van der Waals surface area contributed by atoms with E-state index in [-0.39, 0.29) is 39.6 Å². The molecule has 2 atom stereocenters. The van der Waals surface area contributed by atoms with E-state index >= 15 is 0 Å². The topological polar surface area (TPSA) is 177 Å². The summed E-state index contributed by atoms with van der Waals surface area (Å²) in [6, 6.07) is 21.4. The normalized spacial score (nSPS) is 12.4. The fourth-order valence-electron chi connectivity index (χ4n) is 7.10. The van der Waals surface area contributed by atoms with Crippen molar-refractivity contribution < 1.29 is 39.1 Å². The summed E-state index contributed by atoms with van der Waals surface area (Å²) in [5.41, 5.74) is 10.3. The number of aliphatic hydroxyl groups is 2. The van der Waals surface area contributed by atoms with Crippen LogP contribution < -0.4 is 24.3 Å². The molecule has 0 saturated carbocycles. The number of carbonyl (C=O) groups is 1. The van der Waals surface area contributed by atoms with Crippen molar-refractivity contribution in [2.45, 2.75) is 72.5 Å². The maximum absolute atomic E-state index is 11.8. The molecule has 0 aliphatic carbocycles. The molecule has 2 unspecified atom stereocenters. The number of aromatic nitrogens is 2. The number of aliphatic imine (C=N–C) groups is 2. The number of benzene rings is 4. The number of hydrogen-bond acceptors (Lipinski definition) is 12. The van der Waals surface area contributed by atoms with E-state index in [9.17, 15) is 20.1 Å². The van der Waals surface area contributed by atoms with Crippen molar-refractivity contribution in [3.8, 4) is 34.1 Å². The third kappa shape index (κ3) is 12.7. The van der Waals surface area contributed by atoms with Gasteiger partial charge in [0.25, 0.3) is 0 Å². The minimum absolute atomic E-state index is 0.0462. The zero-order valence-electron chi connectivity index (χ0n) is 36.7. The molecule has 4 aromatic carbocycles. The molecule has 0 radical (unpaired) electrons. The number of carboxylic acid groups (broad SMARTS) is 1. The van der Waals surface area contributed by atoms with Crippen LogP contribution in [0.4, 0.5) is 0 Å². The molecule has 0 spiro atoms. The van der Waals surface area contributed by atoms with E-state index in [1.54, 1.807) is 75.6 Å². The number of carboxylic acids is 1. The number of nitrogens with zero attached hydrogens (tertiary/aromatic N) is 4. The second kappa shape index (κ2) is 23.0. The molecule has 13 nitrogen and oxygen atoms in total. The number of halogens is 2. The lowest BCUT2D eigenvalue weighted by molar-refractivity contribution is -0.142. The Morgan fingerprint density at radius 1 is 0.677 bits per heavy atom. The van der Waals surface area contributed by atoms with Crippen molar-refractivity contribution in [2.24, 2.45) is 9.98 Å². The van der Waals surface area contributed by atoms with E-state index in [2.05, 4.69) is 37.4 Å². The van der Waals surface area contributed by atoms with Crippen molar-refractivity contribution in [1.29, 1.82) is 0 Å². The quantitative estimate of drug-likeness (QED) is 0.0507. The maximum atomic E-state index is 11.8. The highest BCUT2D eigenvalue weighted by Crippen LogP contribution is 2.37. The molecule has 0 aliphatic rings. The number of ether oxygens (including phenoxy) is 4. The van der Waals surface area contributed by atoms with Crippen LogP contribution >= 0.6 is 23.2 Å². The summed E-state index contributed by atoms with van der Waals surface area (Å²) >= 11 is 13.5. The van der Waals surface area contributed by atoms with E-state index in [1.165, 1.54) is 6.92 Å². The standard InChI is InChI=1S/C50H51Cl2N5O8/c1-30-37(28-64-47-16-45(62-26-35-12-33(18-53-4)20-55-22-35)39(14-43(47)51)24-57-49(32(3)59)50(60)61)8-6-10-41(30)42-11-7-9-38(31(42)2)29-65-48-17-46(40(25-58)15-44(48)52)63-27-36-13-34(19-54-5)21-56-23-36/h6-23,32,49,57-59H,24-29H2,1-5H3,(H,60,61)/b53-18+,54-19+. The average Bonchev–Trinajstić information content (AvgIpc) is 3.28. The Labute approximate surface area is 388 Å². The lowest BCUT2D eigenvalue weighted by Gasteiger charge is -2.20. The van der Waals surface area contributed by atoms with Crippen molar-refractivity contribution >= 4 is 41.6 Å². The summed E-state index contributed by atoms with van der Waals surface area (Å²) in [6.45, 7) is 6.06. The van der Waals surface area contributed by atoms with Gasteiger partial charge in [0.15, 0.2) is 0 Å². The molecule has 6 aromatic rings. The minimum Gasteiger partial charge on any atom is -0.488 e. The molecule has 6 rings (SSSR count). The number of aliphatic hydroxyl groups excluding tert-OH is 2. The van der Waals surface area contributed by atoms with Crippen molar-refractivity contribution in [1.82, 2.24) is 15.3 Å². The van der Waals surface area contributed by atoms with Crippen LogP contribution in [0, 0.1) is 13.8 Å². The van der Waals surface area contributed by atoms with Gasteiger partial charge in [-0.3, -0.25) is 30.1 Å². The van der Waals surface area contributed by atoms with Crippen LogP contribution in [0.25, 0.3) is 11.1 Å². The first-order valence-electron chi connectivity index (χ1n) is 20.7. The zero-order valence-corrected chi connectivity index (χ0v) is 38.2. The van der Waals surface area contributed by atoms with Crippen LogP contribution in [-0.4, -0.2) is 69.9 Å². The summed E-state index contributed by atoms with van der Waals surface area (Å²) < 4.78 is 25.1. The smallest absolute Gasteiger partial charge is 0.323 e.